The van der Waals surface area contributed by atoms with Crippen LogP contribution in [0.3, 0.4) is 0 Å². The Hall–Kier alpha value is -1.84. The van der Waals surface area contributed by atoms with Crippen LogP contribution in [0.2, 0.25) is 0 Å². The standard InChI is InChI=1S/C14H18N2O2/c1-3-16-9-11(8-13(16)17)15-14(18)12-7-5-4-6-10(12)2/h4-7,11H,3,8-9H2,1-2H3,(H,15,18)/t11-/m0/s1. The van der Waals surface area contributed by atoms with Gasteiger partial charge in [0.05, 0.1) is 6.04 Å². The number of carbonyl (C=O) groups is 2. The normalized spacial score (nSPS) is 19.1. The highest BCUT2D eigenvalue weighted by Gasteiger charge is 2.29. The molecule has 1 saturated heterocycles. The summed E-state index contributed by atoms with van der Waals surface area (Å²) in [6.45, 7) is 5.18. The number of benzene rings is 1. The summed E-state index contributed by atoms with van der Waals surface area (Å²) in [5, 5.41) is 2.93. The van der Waals surface area contributed by atoms with Gasteiger partial charge in [-0.15, -0.1) is 0 Å². The third-order valence-electron chi connectivity index (χ3n) is 3.32. The maximum absolute atomic E-state index is 12.1. The average molecular weight is 246 g/mol. The lowest BCUT2D eigenvalue weighted by molar-refractivity contribution is -0.127. The smallest absolute Gasteiger partial charge is 0.251 e. The number of likely N-dealkylation sites (N-methyl/N-ethyl adjacent to an activating group) is 1. The summed E-state index contributed by atoms with van der Waals surface area (Å²) in [7, 11) is 0. The van der Waals surface area contributed by atoms with Crippen molar-refractivity contribution in [2.45, 2.75) is 26.3 Å². The van der Waals surface area contributed by atoms with E-state index in [4.69, 9.17) is 0 Å². The average Bonchev–Trinajstić information content (AvgIpc) is 2.69. The van der Waals surface area contributed by atoms with Gasteiger partial charge in [-0.2, -0.15) is 0 Å². The largest absolute Gasteiger partial charge is 0.347 e. The zero-order valence-corrected chi connectivity index (χ0v) is 10.8. The Morgan fingerprint density at radius 1 is 1.44 bits per heavy atom. The summed E-state index contributed by atoms with van der Waals surface area (Å²) in [6, 6.07) is 7.40. The fraction of sp³-hybridized carbons (Fsp3) is 0.429. The molecule has 1 heterocycles. The molecule has 0 saturated carbocycles. The van der Waals surface area contributed by atoms with Crippen LogP contribution in [0.5, 0.6) is 0 Å². The molecule has 96 valence electrons. The number of nitrogens with zero attached hydrogens (tertiary/aromatic N) is 1. The lowest BCUT2D eigenvalue weighted by atomic mass is 10.1. The van der Waals surface area contributed by atoms with Crippen LogP contribution < -0.4 is 5.32 Å². The molecule has 1 aromatic rings. The highest BCUT2D eigenvalue weighted by molar-refractivity contribution is 5.96. The number of amides is 2. The number of nitrogens with one attached hydrogen (secondary N) is 1. The van der Waals surface area contributed by atoms with E-state index in [0.717, 1.165) is 5.56 Å². The maximum Gasteiger partial charge on any atom is 0.251 e. The zero-order chi connectivity index (χ0) is 13.1. The number of hydrogen-bond donors (Lipinski definition) is 1. The summed E-state index contributed by atoms with van der Waals surface area (Å²) in [5.74, 6) is 0.0245. The molecule has 0 radical (unpaired) electrons. The van der Waals surface area contributed by atoms with E-state index < -0.39 is 0 Å². The second-order valence-electron chi connectivity index (χ2n) is 4.62. The van der Waals surface area contributed by atoms with Gasteiger partial charge in [-0.25, -0.2) is 0 Å². The quantitative estimate of drug-likeness (QED) is 0.875. The monoisotopic (exact) mass is 246 g/mol. The molecule has 0 unspecified atom stereocenters. The van der Waals surface area contributed by atoms with Gasteiger partial charge in [-0.1, -0.05) is 18.2 Å². The van der Waals surface area contributed by atoms with Crippen LogP contribution >= 0.6 is 0 Å². The number of carbonyl (C=O) groups excluding carboxylic acids is 2. The number of aryl methyl sites for hydroxylation is 1. The Balaban J connectivity index is 2.01. The molecule has 0 aromatic heterocycles. The molecule has 2 rings (SSSR count). The first-order chi connectivity index (χ1) is 8.61. The van der Waals surface area contributed by atoms with Gasteiger partial charge in [0, 0.05) is 25.1 Å². The Morgan fingerprint density at radius 2 is 2.17 bits per heavy atom. The predicted octanol–water partition coefficient (Wildman–Crippen LogP) is 1.35. The molecule has 1 N–H and O–H groups in total. The van der Waals surface area contributed by atoms with E-state index >= 15 is 0 Å². The van der Waals surface area contributed by atoms with Crippen LogP contribution in [-0.2, 0) is 4.79 Å². The maximum atomic E-state index is 12.1. The van der Waals surface area contributed by atoms with Crippen molar-refractivity contribution in [1.29, 1.82) is 0 Å². The lowest BCUT2D eigenvalue weighted by Crippen LogP contribution is -2.37. The zero-order valence-electron chi connectivity index (χ0n) is 10.8. The van der Waals surface area contributed by atoms with Crippen LogP contribution in [0, 0.1) is 6.92 Å². The third kappa shape index (κ3) is 2.53. The van der Waals surface area contributed by atoms with Crippen molar-refractivity contribution in [3.05, 3.63) is 35.4 Å². The van der Waals surface area contributed by atoms with Crippen LogP contribution in [0.25, 0.3) is 0 Å². The van der Waals surface area contributed by atoms with E-state index in [2.05, 4.69) is 5.32 Å². The topological polar surface area (TPSA) is 49.4 Å². The third-order valence-corrected chi connectivity index (χ3v) is 3.32. The van der Waals surface area contributed by atoms with Crippen molar-refractivity contribution >= 4 is 11.8 Å². The molecule has 1 aliphatic rings. The van der Waals surface area contributed by atoms with Gasteiger partial charge in [-0.3, -0.25) is 9.59 Å². The molecule has 0 aliphatic carbocycles. The van der Waals surface area contributed by atoms with E-state index in [1.54, 1.807) is 11.0 Å². The van der Waals surface area contributed by atoms with Gasteiger partial charge in [0.25, 0.3) is 5.91 Å². The van der Waals surface area contributed by atoms with Crippen molar-refractivity contribution in [3.63, 3.8) is 0 Å². The predicted molar refractivity (Wildman–Crippen MR) is 69.3 cm³/mol. The van der Waals surface area contributed by atoms with Crippen LogP contribution in [0.1, 0.15) is 29.3 Å². The molecule has 1 fully saturated rings. The first-order valence-corrected chi connectivity index (χ1v) is 6.26. The van der Waals surface area contributed by atoms with Crippen molar-refractivity contribution < 1.29 is 9.59 Å². The summed E-state index contributed by atoms with van der Waals surface area (Å²) >= 11 is 0. The second kappa shape index (κ2) is 5.21. The highest BCUT2D eigenvalue weighted by Crippen LogP contribution is 2.12. The highest BCUT2D eigenvalue weighted by atomic mass is 16.2. The molecule has 4 heteroatoms. The van der Waals surface area contributed by atoms with Crippen LogP contribution in [-0.4, -0.2) is 35.8 Å². The molecule has 1 atom stereocenters. The minimum absolute atomic E-state index is 0.0652. The molecule has 18 heavy (non-hydrogen) atoms. The molecule has 4 nitrogen and oxygen atoms in total. The summed E-state index contributed by atoms with van der Waals surface area (Å²) < 4.78 is 0. The van der Waals surface area contributed by atoms with Gasteiger partial charge >= 0.3 is 0 Å². The van der Waals surface area contributed by atoms with E-state index in [1.807, 2.05) is 32.0 Å². The van der Waals surface area contributed by atoms with E-state index in [0.29, 0.717) is 25.1 Å². The summed E-state index contributed by atoms with van der Waals surface area (Å²) in [5.41, 5.74) is 1.63. The van der Waals surface area contributed by atoms with Crippen LogP contribution in [0.15, 0.2) is 24.3 Å². The van der Waals surface area contributed by atoms with Crippen molar-refractivity contribution in [2.24, 2.45) is 0 Å². The number of likely N-dealkylation sites (tertiary alicyclic amines) is 1. The molecule has 1 aliphatic heterocycles. The lowest BCUT2D eigenvalue weighted by Gasteiger charge is -2.15. The van der Waals surface area contributed by atoms with E-state index in [9.17, 15) is 9.59 Å². The fourth-order valence-electron chi connectivity index (χ4n) is 2.27. The minimum atomic E-state index is -0.0937. The Kier molecular flexibility index (Phi) is 3.65. The Bertz CT molecular complexity index is 471. The van der Waals surface area contributed by atoms with E-state index in [1.165, 1.54) is 0 Å². The van der Waals surface area contributed by atoms with Crippen LogP contribution in [0.4, 0.5) is 0 Å². The van der Waals surface area contributed by atoms with E-state index in [-0.39, 0.29) is 17.9 Å². The number of rotatable bonds is 3. The second-order valence-corrected chi connectivity index (χ2v) is 4.62. The van der Waals surface area contributed by atoms with Gasteiger partial charge in [0.1, 0.15) is 0 Å². The van der Waals surface area contributed by atoms with Gasteiger partial charge in [0.15, 0.2) is 0 Å². The minimum Gasteiger partial charge on any atom is -0.347 e. The first kappa shape index (κ1) is 12.6. The molecular weight excluding hydrogens is 228 g/mol. The fourth-order valence-corrected chi connectivity index (χ4v) is 2.27. The Morgan fingerprint density at radius 3 is 2.78 bits per heavy atom. The molecule has 0 bridgehead atoms. The van der Waals surface area contributed by atoms with Gasteiger partial charge < -0.3 is 10.2 Å². The molecule has 1 aromatic carbocycles. The number of hydrogen-bond acceptors (Lipinski definition) is 2. The van der Waals surface area contributed by atoms with Gasteiger partial charge in [0.2, 0.25) is 5.91 Å². The van der Waals surface area contributed by atoms with Gasteiger partial charge in [-0.05, 0) is 25.5 Å². The molecule has 2 amide bonds. The summed E-state index contributed by atoms with van der Waals surface area (Å²) in [4.78, 5) is 25.4. The van der Waals surface area contributed by atoms with Crippen molar-refractivity contribution in [1.82, 2.24) is 10.2 Å². The Labute approximate surface area is 107 Å². The molecular formula is C14H18N2O2. The van der Waals surface area contributed by atoms with Crippen molar-refractivity contribution in [3.8, 4) is 0 Å². The molecule has 0 spiro atoms. The summed E-state index contributed by atoms with van der Waals surface area (Å²) in [6.07, 6.45) is 0.408. The SMILES string of the molecule is CCN1C[C@@H](NC(=O)c2ccccc2C)CC1=O. The first-order valence-electron chi connectivity index (χ1n) is 6.26. The van der Waals surface area contributed by atoms with Crippen molar-refractivity contribution in [2.75, 3.05) is 13.1 Å².